The zero-order valence-electron chi connectivity index (χ0n) is 10.6. The van der Waals surface area contributed by atoms with Gasteiger partial charge in [0.25, 0.3) is 0 Å². The fourth-order valence-corrected chi connectivity index (χ4v) is 1.95. The second-order valence-electron chi connectivity index (χ2n) is 4.62. The van der Waals surface area contributed by atoms with E-state index in [1.807, 2.05) is 16.8 Å². The third-order valence-electron chi connectivity index (χ3n) is 2.93. The average molecular weight is 229 g/mol. The normalized spacial score (nSPS) is 11.1. The number of hydrogen-bond acceptors (Lipinski definition) is 2. The van der Waals surface area contributed by atoms with Gasteiger partial charge in [0, 0.05) is 12.2 Å². The lowest BCUT2D eigenvalue weighted by molar-refractivity contribution is 0.724. The standard InChI is InChI=1S/C14H19N3/c1-10(2)14-8-12(9-15)16-17(14)13-7-5-4-6-11(13)3/h4-8,10H,9,15H2,1-3H3. The first-order valence-electron chi connectivity index (χ1n) is 5.98. The van der Waals surface area contributed by atoms with Crippen LogP contribution in [0.2, 0.25) is 0 Å². The highest BCUT2D eigenvalue weighted by Crippen LogP contribution is 2.22. The van der Waals surface area contributed by atoms with Crippen LogP contribution in [0.15, 0.2) is 30.3 Å². The first-order valence-corrected chi connectivity index (χ1v) is 5.98. The molecule has 1 aromatic heterocycles. The van der Waals surface area contributed by atoms with Gasteiger partial charge in [-0.15, -0.1) is 0 Å². The smallest absolute Gasteiger partial charge is 0.0767 e. The van der Waals surface area contributed by atoms with Gasteiger partial charge >= 0.3 is 0 Å². The number of nitrogens with zero attached hydrogens (tertiary/aromatic N) is 2. The van der Waals surface area contributed by atoms with E-state index in [1.54, 1.807) is 0 Å². The Morgan fingerprint density at radius 3 is 2.59 bits per heavy atom. The van der Waals surface area contributed by atoms with Crippen molar-refractivity contribution in [2.45, 2.75) is 33.2 Å². The molecule has 2 aromatic rings. The monoisotopic (exact) mass is 229 g/mol. The molecule has 2 rings (SSSR count). The van der Waals surface area contributed by atoms with Crippen molar-refractivity contribution in [1.82, 2.24) is 9.78 Å². The molecule has 0 amide bonds. The molecule has 90 valence electrons. The van der Waals surface area contributed by atoms with Crippen molar-refractivity contribution in [3.05, 3.63) is 47.3 Å². The molecular weight excluding hydrogens is 210 g/mol. The first-order chi connectivity index (χ1) is 8.13. The zero-order valence-corrected chi connectivity index (χ0v) is 10.6. The van der Waals surface area contributed by atoms with Gasteiger partial charge < -0.3 is 5.73 Å². The van der Waals surface area contributed by atoms with Crippen LogP contribution in [0.1, 0.15) is 36.7 Å². The van der Waals surface area contributed by atoms with Crippen LogP contribution in [0.4, 0.5) is 0 Å². The summed E-state index contributed by atoms with van der Waals surface area (Å²) in [4.78, 5) is 0. The van der Waals surface area contributed by atoms with Gasteiger partial charge in [-0.3, -0.25) is 0 Å². The van der Waals surface area contributed by atoms with Crippen LogP contribution in [0.3, 0.4) is 0 Å². The van der Waals surface area contributed by atoms with Crippen molar-refractivity contribution in [3.63, 3.8) is 0 Å². The Bertz CT molecular complexity index is 512. The van der Waals surface area contributed by atoms with E-state index >= 15 is 0 Å². The summed E-state index contributed by atoms with van der Waals surface area (Å²) in [6.45, 7) is 6.93. The number of hydrogen-bond donors (Lipinski definition) is 1. The lowest BCUT2D eigenvalue weighted by atomic mass is 10.1. The minimum atomic E-state index is 0.433. The molecule has 1 heterocycles. The molecule has 0 unspecified atom stereocenters. The topological polar surface area (TPSA) is 43.8 Å². The molecule has 1 aromatic carbocycles. The maximum Gasteiger partial charge on any atom is 0.0767 e. The van der Waals surface area contributed by atoms with Gasteiger partial charge in [0.15, 0.2) is 0 Å². The van der Waals surface area contributed by atoms with Gasteiger partial charge in [0.05, 0.1) is 11.4 Å². The highest BCUT2D eigenvalue weighted by molar-refractivity contribution is 5.41. The van der Waals surface area contributed by atoms with Crippen LogP contribution in [0.5, 0.6) is 0 Å². The second-order valence-corrected chi connectivity index (χ2v) is 4.62. The molecule has 3 heteroatoms. The molecule has 0 spiro atoms. The SMILES string of the molecule is Cc1ccccc1-n1nc(CN)cc1C(C)C. The molecule has 0 aliphatic carbocycles. The van der Waals surface area contributed by atoms with Crippen molar-refractivity contribution < 1.29 is 0 Å². The van der Waals surface area contributed by atoms with Gasteiger partial charge in [0.2, 0.25) is 0 Å². The summed E-state index contributed by atoms with van der Waals surface area (Å²) in [6.07, 6.45) is 0. The minimum Gasteiger partial charge on any atom is -0.325 e. The molecule has 0 saturated carbocycles. The summed E-state index contributed by atoms with van der Waals surface area (Å²) in [5.74, 6) is 0.433. The number of benzene rings is 1. The zero-order chi connectivity index (χ0) is 12.4. The molecule has 0 saturated heterocycles. The van der Waals surface area contributed by atoms with Crippen LogP contribution in [-0.4, -0.2) is 9.78 Å². The second kappa shape index (κ2) is 4.72. The van der Waals surface area contributed by atoms with E-state index in [9.17, 15) is 0 Å². The maximum atomic E-state index is 5.67. The van der Waals surface area contributed by atoms with Crippen LogP contribution in [0, 0.1) is 6.92 Å². The van der Waals surface area contributed by atoms with E-state index in [4.69, 9.17) is 5.73 Å². The van der Waals surface area contributed by atoms with E-state index in [-0.39, 0.29) is 0 Å². The Labute approximate surface area is 102 Å². The molecule has 0 atom stereocenters. The van der Waals surface area contributed by atoms with Gasteiger partial charge in [-0.2, -0.15) is 5.10 Å². The average Bonchev–Trinajstić information content (AvgIpc) is 2.73. The van der Waals surface area contributed by atoms with Gasteiger partial charge in [-0.25, -0.2) is 4.68 Å². The summed E-state index contributed by atoms with van der Waals surface area (Å²) >= 11 is 0. The van der Waals surface area contributed by atoms with Crippen molar-refractivity contribution >= 4 is 0 Å². The summed E-state index contributed by atoms with van der Waals surface area (Å²) in [7, 11) is 0. The number of rotatable bonds is 3. The molecular formula is C14H19N3. The number of nitrogens with two attached hydrogens (primary N) is 1. The lowest BCUT2D eigenvalue weighted by Gasteiger charge is -2.12. The third-order valence-corrected chi connectivity index (χ3v) is 2.93. The molecule has 3 nitrogen and oxygen atoms in total. The Kier molecular flexibility index (Phi) is 3.29. The number of aromatic nitrogens is 2. The summed E-state index contributed by atoms with van der Waals surface area (Å²) < 4.78 is 2.02. The first kappa shape index (κ1) is 11.9. The van der Waals surface area contributed by atoms with Gasteiger partial charge in [0.1, 0.15) is 0 Å². The van der Waals surface area contributed by atoms with Crippen molar-refractivity contribution in [2.75, 3.05) is 0 Å². The van der Waals surface area contributed by atoms with Crippen LogP contribution < -0.4 is 5.73 Å². The Morgan fingerprint density at radius 2 is 2.00 bits per heavy atom. The Hall–Kier alpha value is -1.61. The van der Waals surface area contributed by atoms with Gasteiger partial charge in [-0.05, 0) is 30.5 Å². The molecule has 0 aliphatic heterocycles. The van der Waals surface area contributed by atoms with E-state index < -0.39 is 0 Å². The molecule has 0 radical (unpaired) electrons. The van der Waals surface area contributed by atoms with Crippen molar-refractivity contribution in [3.8, 4) is 5.69 Å². The summed E-state index contributed by atoms with van der Waals surface area (Å²) in [5, 5.41) is 4.57. The molecule has 2 N–H and O–H groups in total. The molecule has 0 bridgehead atoms. The van der Waals surface area contributed by atoms with Crippen LogP contribution >= 0.6 is 0 Å². The molecule has 0 fully saturated rings. The van der Waals surface area contributed by atoms with Crippen LogP contribution in [0.25, 0.3) is 5.69 Å². The van der Waals surface area contributed by atoms with E-state index in [0.717, 1.165) is 11.4 Å². The fraction of sp³-hybridized carbons (Fsp3) is 0.357. The Morgan fingerprint density at radius 1 is 1.29 bits per heavy atom. The quantitative estimate of drug-likeness (QED) is 0.879. The summed E-state index contributed by atoms with van der Waals surface area (Å²) in [6, 6.07) is 10.4. The van der Waals surface area contributed by atoms with Gasteiger partial charge in [-0.1, -0.05) is 32.0 Å². The van der Waals surface area contributed by atoms with Crippen molar-refractivity contribution in [1.29, 1.82) is 0 Å². The molecule has 17 heavy (non-hydrogen) atoms. The van der Waals surface area contributed by atoms with E-state index in [2.05, 4.69) is 44.1 Å². The molecule has 0 aliphatic rings. The van der Waals surface area contributed by atoms with E-state index in [0.29, 0.717) is 12.5 Å². The number of aryl methyl sites for hydroxylation is 1. The predicted octanol–water partition coefficient (Wildman–Crippen LogP) is 2.76. The highest BCUT2D eigenvalue weighted by atomic mass is 15.3. The lowest BCUT2D eigenvalue weighted by Crippen LogP contribution is -2.06. The maximum absolute atomic E-state index is 5.67. The fourth-order valence-electron chi connectivity index (χ4n) is 1.95. The highest BCUT2D eigenvalue weighted by Gasteiger charge is 2.12. The largest absolute Gasteiger partial charge is 0.325 e. The number of para-hydroxylation sites is 1. The minimum absolute atomic E-state index is 0.433. The summed E-state index contributed by atoms with van der Waals surface area (Å²) in [5.41, 5.74) is 10.2. The van der Waals surface area contributed by atoms with Crippen molar-refractivity contribution in [2.24, 2.45) is 5.73 Å². The Balaban J connectivity index is 2.58. The third kappa shape index (κ3) is 2.24. The van der Waals surface area contributed by atoms with Crippen LogP contribution in [-0.2, 0) is 6.54 Å². The van der Waals surface area contributed by atoms with E-state index in [1.165, 1.54) is 11.3 Å². The predicted molar refractivity (Wildman–Crippen MR) is 70.3 cm³/mol.